The third-order valence-electron chi connectivity index (χ3n) is 3.74. The molecule has 3 heteroatoms. The minimum atomic E-state index is 0.162. The third-order valence-corrected chi connectivity index (χ3v) is 3.74. The van der Waals surface area contributed by atoms with Crippen molar-refractivity contribution in [3.63, 3.8) is 0 Å². The summed E-state index contributed by atoms with van der Waals surface area (Å²) in [6.07, 6.45) is 1.19. The second-order valence-corrected chi connectivity index (χ2v) is 5.71. The molecule has 0 saturated carbocycles. The van der Waals surface area contributed by atoms with Crippen molar-refractivity contribution >= 4 is 5.69 Å². The zero-order valence-corrected chi connectivity index (χ0v) is 11.4. The molecule has 1 aliphatic rings. The molecule has 0 aliphatic carbocycles. The standard InChI is InChI=1S/C15H21N3/c1-15(2)8-13(10-17-3)11-18(15)14-6-4-5-12(7-14)9-16/h4-7,13,17H,8,10-11H2,1-3H3. The summed E-state index contributed by atoms with van der Waals surface area (Å²) in [5.74, 6) is 0.677. The molecule has 1 fully saturated rings. The molecular formula is C15H21N3. The molecule has 0 spiro atoms. The fourth-order valence-electron chi connectivity index (χ4n) is 3.01. The lowest BCUT2D eigenvalue weighted by molar-refractivity contribution is 0.462. The Morgan fingerprint density at radius 2 is 2.28 bits per heavy atom. The van der Waals surface area contributed by atoms with Crippen LogP contribution in [0.1, 0.15) is 25.8 Å². The fourth-order valence-corrected chi connectivity index (χ4v) is 3.01. The number of rotatable bonds is 3. The van der Waals surface area contributed by atoms with Crippen LogP contribution >= 0.6 is 0 Å². The Balaban J connectivity index is 2.24. The quantitative estimate of drug-likeness (QED) is 0.886. The zero-order valence-electron chi connectivity index (χ0n) is 11.4. The van der Waals surface area contributed by atoms with Crippen LogP contribution in [0.25, 0.3) is 0 Å². The number of nitrogens with one attached hydrogen (secondary N) is 1. The van der Waals surface area contributed by atoms with Crippen LogP contribution in [-0.4, -0.2) is 25.7 Å². The van der Waals surface area contributed by atoms with Gasteiger partial charge in [0.2, 0.25) is 0 Å². The Hall–Kier alpha value is -1.53. The number of anilines is 1. The summed E-state index contributed by atoms with van der Waals surface area (Å²) < 4.78 is 0. The van der Waals surface area contributed by atoms with Gasteiger partial charge in [0, 0.05) is 17.8 Å². The van der Waals surface area contributed by atoms with Gasteiger partial charge in [-0.25, -0.2) is 0 Å². The second kappa shape index (κ2) is 4.99. The van der Waals surface area contributed by atoms with E-state index in [4.69, 9.17) is 5.26 Å². The van der Waals surface area contributed by atoms with Crippen molar-refractivity contribution in [3.8, 4) is 6.07 Å². The van der Waals surface area contributed by atoms with Crippen LogP contribution in [0.2, 0.25) is 0 Å². The van der Waals surface area contributed by atoms with Gasteiger partial charge in [-0.2, -0.15) is 5.26 Å². The van der Waals surface area contributed by atoms with Gasteiger partial charge in [0.25, 0.3) is 0 Å². The summed E-state index contributed by atoms with van der Waals surface area (Å²) in [6, 6.07) is 10.1. The predicted molar refractivity (Wildman–Crippen MR) is 74.6 cm³/mol. The number of hydrogen-bond acceptors (Lipinski definition) is 3. The van der Waals surface area contributed by atoms with E-state index >= 15 is 0 Å². The van der Waals surface area contributed by atoms with Gasteiger partial charge in [0.05, 0.1) is 11.6 Å². The Bertz CT molecular complexity index is 459. The van der Waals surface area contributed by atoms with Crippen LogP contribution in [0.15, 0.2) is 24.3 Å². The smallest absolute Gasteiger partial charge is 0.0992 e. The summed E-state index contributed by atoms with van der Waals surface area (Å²) >= 11 is 0. The van der Waals surface area contributed by atoms with Crippen LogP contribution in [0.4, 0.5) is 5.69 Å². The molecule has 1 aliphatic heterocycles. The van der Waals surface area contributed by atoms with Gasteiger partial charge in [-0.1, -0.05) is 6.07 Å². The number of nitrogens with zero attached hydrogens (tertiary/aromatic N) is 2. The summed E-state index contributed by atoms with van der Waals surface area (Å²) in [5, 5.41) is 12.3. The minimum absolute atomic E-state index is 0.162. The zero-order chi connectivity index (χ0) is 13.2. The van der Waals surface area contributed by atoms with Crippen molar-refractivity contribution < 1.29 is 0 Å². The number of nitriles is 1. The SMILES string of the molecule is CNCC1CN(c2cccc(C#N)c2)C(C)(C)C1. The molecule has 2 rings (SSSR count). The average molecular weight is 243 g/mol. The molecule has 1 unspecified atom stereocenters. The van der Waals surface area contributed by atoms with E-state index in [1.807, 2.05) is 25.2 Å². The first-order chi connectivity index (χ1) is 8.56. The third kappa shape index (κ3) is 2.49. The van der Waals surface area contributed by atoms with Crippen molar-refractivity contribution in [1.29, 1.82) is 5.26 Å². The highest BCUT2D eigenvalue weighted by atomic mass is 15.2. The summed E-state index contributed by atoms with van der Waals surface area (Å²) in [4.78, 5) is 2.43. The Kier molecular flexibility index (Phi) is 3.58. The summed E-state index contributed by atoms with van der Waals surface area (Å²) in [7, 11) is 2.01. The van der Waals surface area contributed by atoms with Gasteiger partial charge in [-0.05, 0) is 58.0 Å². The largest absolute Gasteiger partial charge is 0.366 e. The lowest BCUT2D eigenvalue weighted by Crippen LogP contribution is -2.38. The van der Waals surface area contributed by atoms with Crippen molar-refractivity contribution in [2.24, 2.45) is 5.92 Å². The lowest BCUT2D eigenvalue weighted by atomic mass is 9.96. The minimum Gasteiger partial charge on any atom is -0.366 e. The van der Waals surface area contributed by atoms with E-state index in [1.165, 1.54) is 6.42 Å². The molecule has 0 amide bonds. The maximum atomic E-state index is 8.99. The molecule has 0 aromatic heterocycles. The molecule has 1 saturated heterocycles. The van der Waals surface area contributed by atoms with Gasteiger partial charge in [0.1, 0.15) is 0 Å². The van der Waals surface area contributed by atoms with Crippen molar-refractivity contribution in [2.75, 3.05) is 25.0 Å². The predicted octanol–water partition coefficient (Wildman–Crippen LogP) is 2.38. The van der Waals surface area contributed by atoms with E-state index in [-0.39, 0.29) is 5.54 Å². The Morgan fingerprint density at radius 1 is 1.50 bits per heavy atom. The van der Waals surface area contributed by atoms with Gasteiger partial charge < -0.3 is 10.2 Å². The van der Waals surface area contributed by atoms with E-state index in [0.29, 0.717) is 5.92 Å². The topological polar surface area (TPSA) is 39.1 Å². The monoisotopic (exact) mass is 243 g/mol. The van der Waals surface area contributed by atoms with Crippen LogP contribution in [0.5, 0.6) is 0 Å². The van der Waals surface area contributed by atoms with Crippen LogP contribution in [0, 0.1) is 17.2 Å². The molecule has 1 aromatic carbocycles. The highest BCUT2D eigenvalue weighted by Crippen LogP contribution is 2.36. The molecule has 0 radical (unpaired) electrons. The van der Waals surface area contributed by atoms with Gasteiger partial charge >= 0.3 is 0 Å². The van der Waals surface area contributed by atoms with E-state index in [1.54, 1.807) is 0 Å². The van der Waals surface area contributed by atoms with E-state index in [9.17, 15) is 0 Å². The van der Waals surface area contributed by atoms with Gasteiger partial charge in [-0.3, -0.25) is 0 Å². The highest BCUT2D eigenvalue weighted by molar-refractivity contribution is 5.54. The van der Waals surface area contributed by atoms with E-state index in [0.717, 1.165) is 24.3 Å². The maximum absolute atomic E-state index is 8.99. The second-order valence-electron chi connectivity index (χ2n) is 5.71. The molecular weight excluding hydrogens is 222 g/mol. The first-order valence-electron chi connectivity index (χ1n) is 6.49. The molecule has 1 N–H and O–H groups in total. The van der Waals surface area contributed by atoms with Crippen LogP contribution in [0.3, 0.4) is 0 Å². The summed E-state index contributed by atoms with van der Waals surface area (Å²) in [6.45, 7) is 6.67. The van der Waals surface area contributed by atoms with Crippen LogP contribution in [-0.2, 0) is 0 Å². The summed E-state index contributed by atoms with van der Waals surface area (Å²) in [5.41, 5.74) is 2.06. The molecule has 1 atom stereocenters. The van der Waals surface area contributed by atoms with E-state index in [2.05, 4.69) is 36.2 Å². The number of hydrogen-bond donors (Lipinski definition) is 1. The molecule has 0 bridgehead atoms. The first-order valence-corrected chi connectivity index (χ1v) is 6.49. The first kappa shape index (κ1) is 12.9. The fraction of sp³-hybridized carbons (Fsp3) is 0.533. The maximum Gasteiger partial charge on any atom is 0.0992 e. The van der Waals surface area contributed by atoms with Crippen molar-refractivity contribution in [3.05, 3.63) is 29.8 Å². The normalized spacial score (nSPS) is 21.9. The van der Waals surface area contributed by atoms with Gasteiger partial charge in [0.15, 0.2) is 0 Å². The molecule has 96 valence electrons. The highest BCUT2D eigenvalue weighted by Gasteiger charge is 2.37. The lowest BCUT2D eigenvalue weighted by Gasteiger charge is -2.33. The number of benzene rings is 1. The van der Waals surface area contributed by atoms with Crippen LogP contribution < -0.4 is 10.2 Å². The average Bonchev–Trinajstić information content (AvgIpc) is 2.65. The van der Waals surface area contributed by atoms with Crippen molar-refractivity contribution in [1.82, 2.24) is 5.32 Å². The molecule has 1 aromatic rings. The molecule has 18 heavy (non-hydrogen) atoms. The Labute approximate surface area is 109 Å². The van der Waals surface area contributed by atoms with Gasteiger partial charge in [-0.15, -0.1) is 0 Å². The molecule has 3 nitrogen and oxygen atoms in total. The van der Waals surface area contributed by atoms with Crippen molar-refractivity contribution in [2.45, 2.75) is 25.8 Å². The van der Waals surface area contributed by atoms with E-state index < -0.39 is 0 Å². The Morgan fingerprint density at radius 3 is 2.94 bits per heavy atom. The molecule has 1 heterocycles.